The Bertz CT molecular complexity index is 777. The fourth-order valence-electron chi connectivity index (χ4n) is 1.88. The van der Waals surface area contributed by atoms with Crippen LogP contribution in [0.3, 0.4) is 0 Å². The lowest BCUT2D eigenvalue weighted by Crippen LogP contribution is -2.17. The lowest BCUT2D eigenvalue weighted by atomic mass is 10.3. The van der Waals surface area contributed by atoms with Gasteiger partial charge in [0, 0.05) is 6.07 Å². The molecule has 2 aromatic rings. The molecule has 1 N–H and O–H groups in total. The molecular weight excluding hydrogens is 310 g/mol. The van der Waals surface area contributed by atoms with Crippen LogP contribution in [-0.4, -0.2) is 38.7 Å². The van der Waals surface area contributed by atoms with Gasteiger partial charge >= 0.3 is 6.01 Å². The van der Waals surface area contributed by atoms with Gasteiger partial charge in [-0.05, 0) is 12.1 Å². The third-order valence-electron chi connectivity index (χ3n) is 2.89. The van der Waals surface area contributed by atoms with Crippen molar-refractivity contribution in [3.63, 3.8) is 0 Å². The van der Waals surface area contributed by atoms with Crippen LogP contribution in [0.2, 0.25) is 0 Å². The number of nitrogens with one attached hydrogen (secondary N) is 1. The number of fused-ring (bicyclic) bond motifs is 1. The molecule has 0 aliphatic carbocycles. The summed E-state index contributed by atoms with van der Waals surface area (Å²) >= 11 is 0. The number of aromatic nitrogens is 2. The largest absolute Gasteiger partial charge is 0.486 e. The molecule has 0 spiro atoms. The Morgan fingerprint density at radius 3 is 2.50 bits per heavy atom. The van der Waals surface area contributed by atoms with E-state index in [0.29, 0.717) is 24.7 Å². The topological polar surface area (TPSA) is 99.6 Å². The molecule has 1 aliphatic rings. The average molecular weight is 323 g/mol. The molecule has 0 saturated carbocycles. The van der Waals surface area contributed by atoms with Gasteiger partial charge in [-0.3, -0.25) is 4.72 Å². The predicted octanol–water partition coefficient (Wildman–Crippen LogP) is 1.06. The molecule has 0 radical (unpaired) electrons. The lowest BCUT2D eigenvalue weighted by Gasteiger charge is -2.19. The summed E-state index contributed by atoms with van der Waals surface area (Å²) in [6.45, 7) is 0.830. The highest BCUT2D eigenvalue weighted by Gasteiger charge is 2.19. The molecule has 1 aromatic carbocycles. The molecule has 22 heavy (non-hydrogen) atoms. The van der Waals surface area contributed by atoms with Crippen molar-refractivity contribution in [2.75, 3.05) is 25.0 Å². The standard InChI is InChI=1S/C13H13N3O5S/c1-19-13-14-7-9(8-15-13)16-22(17,18)10-2-3-11-12(6-10)21-5-4-20-11/h2-3,6-8,16H,4-5H2,1H3. The van der Waals surface area contributed by atoms with Gasteiger partial charge in [0.25, 0.3) is 10.0 Å². The zero-order valence-electron chi connectivity index (χ0n) is 11.6. The number of methoxy groups -OCH3 is 1. The van der Waals surface area contributed by atoms with Crippen molar-refractivity contribution >= 4 is 15.7 Å². The average Bonchev–Trinajstić information content (AvgIpc) is 2.55. The summed E-state index contributed by atoms with van der Waals surface area (Å²) in [6.07, 6.45) is 2.64. The minimum absolute atomic E-state index is 0.0626. The molecule has 0 unspecified atom stereocenters. The summed E-state index contributed by atoms with van der Waals surface area (Å²) in [7, 11) is -2.35. The number of sulfonamides is 1. The van der Waals surface area contributed by atoms with Crippen molar-refractivity contribution in [3.05, 3.63) is 30.6 Å². The Kier molecular flexibility index (Phi) is 3.72. The van der Waals surface area contributed by atoms with Crippen LogP contribution in [-0.2, 0) is 10.0 Å². The number of benzene rings is 1. The van der Waals surface area contributed by atoms with Crippen molar-refractivity contribution in [2.45, 2.75) is 4.90 Å². The minimum atomic E-state index is -3.77. The second-order valence-corrected chi connectivity index (χ2v) is 6.05. The molecule has 0 atom stereocenters. The number of rotatable bonds is 4. The summed E-state index contributed by atoms with van der Waals surface area (Å²) in [5, 5.41) is 0. The third kappa shape index (κ3) is 2.89. The van der Waals surface area contributed by atoms with E-state index in [4.69, 9.17) is 14.2 Å². The molecular formula is C13H13N3O5S. The maximum Gasteiger partial charge on any atom is 0.316 e. The van der Waals surface area contributed by atoms with Crippen molar-refractivity contribution in [1.29, 1.82) is 0 Å². The third-order valence-corrected chi connectivity index (χ3v) is 4.27. The van der Waals surface area contributed by atoms with Gasteiger partial charge < -0.3 is 14.2 Å². The Morgan fingerprint density at radius 1 is 1.14 bits per heavy atom. The van der Waals surface area contributed by atoms with Crippen LogP contribution in [0.15, 0.2) is 35.5 Å². The maximum absolute atomic E-state index is 12.3. The number of hydrogen-bond acceptors (Lipinski definition) is 7. The van der Waals surface area contributed by atoms with E-state index in [-0.39, 0.29) is 16.6 Å². The Morgan fingerprint density at radius 2 is 1.82 bits per heavy atom. The van der Waals surface area contributed by atoms with Crippen LogP contribution in [0.1, 0.15) is 0 Å². The van der Waals surface area contributed by atoms with Gasteiger partial charge in [-0.2, -0.15) is 0 Å². The number of hydrogen-bond donors (Lipinski definition) is 1. The molecule has 1 aliphatic heterocycles. The van der Waals surface area contributed by atoms with E-state index < -0.39 is 10.0 Å². The van der Waals surface area contributed by atoms with Crippen molar-refractivity contribution < 1.29 is 22.6 Å². The van der Waals surface area contributed by atoms with Gasteiger partial charge in [0.15, 0.2) is 11.5 Å². The number of anilines is 1. The van der Waals surface area contributed by atoms with E-state index in [0.717, 1.165) is 0 Å². The predicted molar refractivity (Wildman–Crippen MR) is 76.8 cm³/mol. The van der Waals surface area contributed by atoms with Crippen LogP contribution in [0, 0.1) is 0 Å². The van der Waals surface area contributed by atoms with E-state index in [9.17, 15) is 8.42 Å². The quantitative estimate of drug-likeness (QED) is 0.898. The second kappa shape index (κ2) is 5.68. The summed E-state index contributed by atoms with van der Waals surface area (Å²) in [5.74, 6) is 0.929. The second-order valence-electron chi connectivity index (χ2n) is 4.37. The van der Waals surface area contributed by atoms with Crippen LogP contribution in [0.5, 0.6) is 17.5 Å². The summed E-state index contributed by atoms with van der Waals surface area (Å²) < 4.78 is 42.6. The van der Waals surface area contributed by atoms with Crippen molar-refractivity contribution in [3.8, 4) is 17.5 Å². The summed E-state index contributed by atoms with van der Waals surface area (Å²) in [5.41, 5.74) is 0.232. The highest BCUT2D eigenvalue weighted by molar-refractivity contribution is 7.92. The van der Waals surface area contributed by atoms with E-state index >= 15 is 0 Å². The minimum Gasteiger partial charge on any atom is -0.486 e. The zero-order chi connectivity index (χ0) is 15.6. The van der Waals surface area contributed by atoms with Crippen molar-refractivity contribution in [1.82, 2.24) is 9.97 Å². The lowest BCUT2D eigenvalue weighted by molar-refractivity contribution is 0.171. The van der Waals surface area contributed by atoms with Crippen LogP contribution in [0.4, 0.5) is 5.69 Å². The molecule has 0 amide bonds. The SMILES string of the molecule is COc1ncc(NS(=O)(=O)c2ccc3c(c2)OCCO3)cn1. The first-order valence-electron chi connectivity index (χ1n) is 6.37. The van der Waals surface area contributed by atoms with Crippen LogP contribution < -0.4 is 18.9 Å². The fourth-order valence-corrected chi connectivity index (χ4v) is 2.92. The first kappa shape index (κ1) is 14.4. The van der Waals surface area contributed by atoms with Crippen LogP contribution >= 0.6 is 0 Å². The normalized spacial score (nSPS) is 13.5. The molecule has 9 heteroatoms. The van der Waals surface area contributed by atoms with Gasteiger partial charge in [-0.25, -0.2) is 18.4 Å². The molecule has 2 heterocycles. The van der Waals surface area contributed by atoms with E-state index in [2.05, 4.69) is 14.7 Å². The smallest absolute Gasteiger partial charge is 0.316 e. The van der Waals surface area contributed by atoms with Crippen LogP contribution in [0.25, 0.3) is 0 Å². The zero-order valence-corrected chi connectivity index (χ0v) is 12.5. The molecule has 0 fully saturated rings. The first-order valence-corrected chi connectivity index (χ1v) is 7.85. The first-order chi connectivity index (χ1) is 10.6. The monoisotopic (exact) mass is 323 g/mol. The Balaban J connectivity index is 1.85. The van der Waals surface area contributed by atoms with Gasteiger partial charge in [0.05, 0.1) is 30.1 Å². The summed E-state index contributed by atoms with van der Waals surface area (Å²) in [6, 6.07) is 4.58. The maximum atomic E-state index is 12.3. The van der Waals surface area contributed by atoms with Crippen molar-refractivity contribution in [2.24, 2.45) is 0 Å². The fraction of sp³-hybridized carbons (Fsp3) is 0.231. The summed E-state index contributed by atoms with van der Waals surface area (Å²) in [4.78, 5) is 7.74. The Hall–Kier alpha value is -2.55. The van der Waals surface area contributed by atoms with Gasteiger partial charge in [0.1, 0.15) is 13.2 Å². The van der Waals surface area contributed by atoms with E-state index in [1.807, 2.05) is 0 Å². The molecule has 0 saturated heterocycles. The van der Waals surface area contributed by atoms with E-state index in [1.54, 1.807) is 6.07 Å². The molecule has 1 aromatic heterocycles. The van der Waals surface area contributed by atoms with Gasteiger partial charge in [-0.1, -0.05) is 0 Å². The molecule has 0 bridgehead atoms. The van der Waals surface area contributed by atoms with Gasteiger partial charge in [0.2, 0.25) is 0 Å². The Labute approximate surface area is 127 Å². The highest BCUT2D eigenvalue weighted by atomic mass is 32.2. The molecule has 8 nitrogen and oxygen atoms in total. The van der Waals surface area contributed by atoms with E-state index in [1.165, 1.54) is 31.6 Å². The molecule has 3 rings (SSSR count). The number of nitrogens with zero attached hydrogens (tertiary/aromatic N) is 2. The highest BCUT2D eigenvalue weighted by Crippen LogP contribution is 2.32. The molecule has 116 valence electrons. The van der Waals surface area contributed by atoms with Gasteiger partial charge in [-0.15, -0.1) is 0 Å². The number of ether oxygens (including phenoxy) is 3.